The van der Waals surface area contributed by atoms with Crippen LogP contribution < -0.4 is 0 Å². The van der Waals surface area contributed by atoms with Crippen molar-refractivity contribution in [1.82, 2.24) is 13.7 Å². The maximum Gasteiger partial charge on any atom is 0.0632 e. The lowest BCUT2D eigenvalue weighted by Crippen LogP contribution is -2.18. The smallest absolute Gasteiger partial charge is 0.0632 e. The Morgan fingerprint density at radius 3 is 0.681 bits per heavy atom. The van der Waals surface area contributed by atoms with Crippen LogP contribution in [0.1, 0.15) is 321 Å². The van der Waals surface area contributed by atoms with Crippen molar-refractivity contribution < 1.29 is 26.0 Å². The summed E-state index contributed by atoms with van der Waals surface area (Å²) in [4.78, 5) is 0. The van der Waals surface area contributed by atoms with Crippen LogP contribution in [0, 0.1) is 6.92 Å². The van der Waals surface area contributed by atoms with Gasteiger partial charge in [0.25, 0.3) is 0 Å². The zero-order chi connectivity index (χ0) is 116. The fourth-order valence-corrected chi connectivity index (χ4v) is 19.7. The molecule has 0 aliphatic carbocycles. The van der Waals surface area contributed by atoms with Crippen molar-refractivity contribution in [3.63, 3.8) is 0 Å². The molecule has 0 aliphatic heterocycles. The molecule has 3 heterocycles. The Kier molecular flexibility index (Phi) is 19.9. The first kappa shape index (κ1) is 76.6. The fourth-order valence-electron chi connectivity index (χ4n) is 19.7. The Labute approximate surface area is 855 Å². The Hall–Kier alpha value is -12.3. The highest BCUT2D eigenvalue weighted by molar-refractivity contribution is 6.22. The molecule has 0 spiro atoms. The van der Waals surface area contributed by atoms with Gasteiger partial charge in [0.15, 0.2) is 0 Å². The van der Waals surface area contributed by atoms with Gasteiger partial charge in [-0.2, -0.15) is 0 Å². The summed E-state index contributed by atoms with van der Waals surface area (Å²) >= 11 is 0. The summed E-state index contributed by atoms with van der Waals surface area (Å²) in [5.41, 5.74) is 27.1. The van der Waals surface area contributed by atoms with Gasteiger partial charge in [-0.1, -0.05) is 470 Å². The average molecular weight is 1840 g/mol. The monoisotopic (exact) mass is 1840 g/mol. The van der Waals surface area contributed by atoms with Gasteiger partial charge in [0.2, 0.25) is 0 Å². The van der Waals surface area contributed by atoms with Gasteiger partial charge < -0.3 is 13.7 Å². The molecule has 0 radical (unpaired) electrons. The quantitative estimate of drug-likeness (QED) is 0.137. The second-order valence-corrected chi connectivity index (χ2v) is 49.5. The van der Waals surface area contributed by atoms with E-state index in [1.54, 1.807) is 13.0 Å². The molecule has 0 amide bonds. The summed E-state index contributed by atoms with van der Waals surface area (Å²) in [5.74, 6) is 0. The van der Waals surface area contributed by atoms with Crippen molar-refractivity contribution in [1.29, 1.82) is 0 Å². The third-order valence-corrected chi connectivity index (χ3v) is 27.2. The summed E-state index contributed by atoms with van der Waals surface area (Å²) in [6.07, 6.45) is 0. The predicted molar refractivity (Wildman–Crippen MR) is 605 cm³/mol. The summed E-state index contributed by atoms with van der Waals surface area (Å²) in [5, 5.41) is 5.28. The van der Waals surface area contributed by atoms with Crippen molar-refractivity contribution in [3.05, 3.63) is 376 Å². The van der Waals surface area contributed by atoms with E-state index in [9.17, 15) is 0 Å². The Balaban J connectivity index is 0.000000167. The molecule has 0 fully saturated rings. The maximum atomic E-state index is 9.16. The number of hydrogen-bond acceptors (Lipinski definition) is 0. The molecular weight excluding hydrogens is 1660 g/mol. The summed E-state index contributed by atoms with van der Waals surface area (Å²) in [7, 11) is 0. The molecule has 138 heavy (non-hydrogen) atoms. The van der Waals surface area contributed by atoms with Crippen LogP contribution in [0.3, 0.4) is 0 Å². The lowest BCUT2D eigenvalue weighted by Gasteiger charge is -2.29. The molecule has 3 aromatic heterocycles. The minimum absolute atomic E-state index is 0.0168. The molecule has 18 aromatic rings. The third-order valence-electron chi connectivity index (χ3n) is 27.2. The van der Waals surface area contributed by atoms with Crippen molar-refractivity contribution in [2.45, 2.75) is 295 Å². The lowest BCUT2D eigenvalue weighted by atomic mass is 9.75. The highest BCUT2D eigenvalue weighted by atomic mass is 15.0. The van der Waals surface area contributed by atoms with E-state index in [2.05, 4.69) is 376 Å². The minimum atomic E-state index is -0.612. The zero-order valence-electron chi connectivity index (χ0n) is 107. The van der Waals surface area contributed by atoms with Gasteiger partial charge in [0, 0.05) is 49.4 Å². The topological polar surface area (TPSA) is 14.8 Å². The largest absolute Gasteiger partial charge is 0.309 e. The Morgan fingerprint density at radius 2 is 0.420 bits per heavy atom. The van der Waals surface area contributed by atoms with Gasteiger partial charge in [-0.05, 0) is 267 Å². The second kappa shape index (κ2) is 35.9. The zero-order valence-corrected chi connectivity index (χ0v) is 88.3. The van der Waals surface area contributed by atoms with E-state index in [1.807, 2.05) is 54.6 Å². The first-order valence-electron chi connectivity index (χ1n) is 58.6. The van der Waals surface area contributed by atoms with E-state index in [0.717, 1.165) is 127 Å². The Bertz CT molecular complexity index is 8640. The van der Waals surface area contributed by atoms with Gasteiger partial charge in [0.1, 0.15) is 0 Å². The number of benzene rings is 15. The van der Waals surface area contributed by atoms with Crippen molar-refractivity contribution in [2.75, 3.05) is 0 Å². The number of aromatic nitrogens is 3. The number of fused-ring (bicyclic) bond motifs is 9. The number of nitrogens with zero attached hydrogens (tertiary/aromatic N) is 3. The van der Waals surface area contributed by atoms with E-state index in [4.69, 9.17) is 26.0 Å². The van der Waals surface area contributed by atoms with E-state index in [0.29, 0.717) is 33.2 Å². The second-order valence-electron chi connectivity index (χ2n) is 49.5. The molecule has 3 heteroatoms. The number of rotatable bonds is 9. The SMILES string of the molecule is [2H]c1c([2H])c([2H])c(-c2cccc3c2c2c(C(C)(C)C)c(-c4c([2H])c([2H])c([2H])c(C)c4[2H])ccc2n3-c2cc(C(C)(C)C)cc(C(C)(C)C)c2)c([2H])c1[2H].[2H]c1c([2H])c([2H])c(-c2cccc3c2c2c(C(C)(C)C)c(-c4cc(C(C)(C)C)cc(C(C)(C)C)c4)ccc2n3-c2cc(C(C)(C)C)cc(C(C)(C)C)c2)c([2H])c1[2H].[2H]c1c([2H])c([2H])c(-c2cccc3c2c2c(C(C)(C)C)c(-c4ccccc4)ccc2n3-c2cc(C(C)(C)C)cc(C(C)(C)C)c2)c([2H])c1[2H]. The molecule has 0 atom stereocenters. The van der Waals surface area contributed by atoms with Crippen LogP contribution in [0.25, 0.3) is 149 Å². The van der Waals surface area contributed by atoms with Crippen LogP contribution in [-0.4, -0.2) is 13.7 Å². The summed E-state index contributed by atoms with van der Waals surface area (Å²) in [6, 6.07) is 63.0. The van der Waals surface area contributed by atoms with Crippen LogP contribution in [0.15, 0.2) is 309 Å². The molecule has 3 nitrogen and oxygen atoms in total. The summed E-state index contributed by atoms with van der Waals surface area (Å²) in [6.45, 7) is 75.0. The molecule has 0 aliphatic rings. The van der Waals surface area contributed by atoms with E-state index in [-0.39, 0.29) is 167 Å². The minimum Gasteiger partial charge on any atom is -0.309 e. The van der Waals surface area contributed by atoms with E-state index in [1.165, 1.54) is 33.4 Å². The van der Waals surface area contributed by atoms with Crippen LogP contribution in [0.5, 0.6) is 0 Å². The van der Waals surface area contributed by atoms with Gasteiger partial charge >= 0.3 is 0 Å². The van der Waals surface area contributed by atoms with E-state index < -0.39 is 29.6 Å². The van der Waals surface area contributed by atoms with Crippen molar-refractivity contribution in [3.8, 4) is 83.8 Å². The highest BCUT2D eigenvalue weighted by Crippen LogP contribution is 2.54. The molecule has 0 bridgehead atoms. The average Bonchev–Trinajstić information content (AvgIpc) is 1.56. The first-order valence-corrected chi connectivity index (χ1v) is 49.1. The first-order chi connectivity index (χ1) is 72.2. The van der Waals surface area contributed by atoms with Gasteiger partial charge in [-0.25, -0.2) is 0 Å². The third kappa shape index (κ3) is 19.5. The number of hydrogen-bond donors (Lipinski definition) is 0. The molecule has 15 aromatic carbocycles. The van der Waals surface area contributed by atoms with Crippen molar-refractivity contribution >= 4 is 65.4 Å². The molecule has 0 saturated carbocycles. The molecule has 0 unspecified atom stereocenters. The maximum absolute atomic E-state index is 9.16. The van der Waals surface area contributed by atoms with Gasteiger partial charge in [-0.15, -0.1) is 0 Å². The Morgan fingerprint density at radius 1 is 0.181 bits per heavy atom. The van der Waals surface area contributed by atoms with Gasteiger partial charge in [-0.3, -0.25) is 0 Å². The molecule has 708 valence electrons. The van der Waals surface area contributed by atoms with Gasteiger partial charge in [0.05, 0.1) is 59.1 Å². The standard InChI is InChI=1S/C50H61N.C43H47N.C42H45N/c1-46(2,3)34-26-33(27-35(28-34)47(4,5)6)40-24-25-42-44(45(40)50(13,14)15)43-39(32-20-17-16-18-21-32)22-19-23-41(43)51(42)38-30-36(48(7,8)9)29-37(31-38)49(10,11)12;1-28-16-14-19-30(24-28)35-22-23-37-39(40(35)43(8,9)10)38-34(29-17-12-11-13-18-29)20-15-21-36(38)44(37)33-26-31(41(2,3)4)25-32(27-33)42(5,6)7;1-40(2,3)30-25-31(41(4,5)6)27-32(26-30)43-35-22-16-21-33(28-17-12-10-13-18-28)37(35)38-36(43)24-23-34(39(38)42(7,8)9)29-19-14-11-15-20-29/h16-31H,1-15H3;11-27H,1-10H3;10-27H,1-9H3/i16D,17D,18D,20D,21D;11D,12D,13D,14D,16D,17D,18D,19D,24D;10D,12D,13D,17D,18D. The molecule has 0 saturated heterocycles. The molecular formula is C135H153N3. The van der Waals surface area contributed by atoms with Crippen LogP contribution in [-0.2, 0) is 59.6 Å². The predicted octanol–water partition coefficient (Wildman–Crippen LogP) is 38.9. The molecule has 18 rings (SSSR count). The van der Waals surface area contributed by atoms with Crippen LogP contribution >= 0.6 is 0 Å². The highest BCUT2D eigenvalue weighted by Gasteiger charge is 2.36. The fraction of sp³-hybridized carbons (Fsp3) is 0.333. The van der Waals surface area contributed by atoms with E-state index >= 15 is 0 Å². The summed E-state index contributed by atoms with van der Waals surface area (Å²) < 4.78 is 173. The van der Waals surface area contributed by atoms with Crippen LogP contribution in [0.2, 0.25) is 0 Å². The normalized spacial score (nSPS) is 14.9. The van der Waals surface area contributed by atoms with Crippen LogP contribution in [0.4, 0.5) is 0 Å². The van der Waals surface area contributed by atoms with Crippen molar-refractivity contribution in [2.24, 2.45) is 0 Å². The lowest BCUT2D eigenvalue weighted by molar-refractivity contribution is 0.567. The molecule has 0 N–H and O–H groups in total.